The molecule has 3 rings (SSSR count). The van der Waals surface area contributed by atoms with Crippen LogP contribution in [0.25, 0.3) is 0 Å². The standard InChI is InChI=1S/C17H23N5O3/c1-20-16(23)11-15(19-17(20)24)21(2)18-12-13-3-5-14(6-4-13)22-7-9-25-10-8-22/h3-6,12,15H,7-11H2,1-2H3,(H,19,24)/b18-12+. The highest BCUT2D eigenvalue weighted by atomic mass is 16.5. The summed E-state index contributed by atoms with van der Waals surface area (Å²) in [4.78, 5) is 26.8. The van der Waals surface area contributed by atoms with Gasteiger partial charge < -0.3 is 15.0 Å². The minimum atomic E-state index is -0.430. The van der Waals surface area contributed by atoms with Gasteiger partial charge in [0.05, 0.1) is 25.8 Å². The zero-order chi connectivity index (χ0) is 17.8. The summed E-state index contributed by atoms with van der Waals surface area (Å²) < 4.78 is 5.36. The van der Waals surface area contributed by atoms with Crippen molar-refractivity contribution in [3.05, 3.63) is 29.8 Å². The van der Waals surface area contributed by atoms with Crippen LogP contribution in [-0.4, -0.2) is 74.6 Å². The topological polar surface area (TPSA) is 77.5 Å². The van der Waals surface area contributed by atoms with Crippen molar-refractivity contribution in [3.8, 4) is 0 Å². The number of hydrogen-bond acceptors (Lipinski definition) is 6. The zero-order valence-corrected chi connectivity index (χ0v) is 14.5. The van der Waals surface area contributed by atoms with E-state index < -0.39 is 12.2 Å². The van der Waals surface area contributed by atoms with Gasteiger partial charge in [-0.2, -0.15) is 5.10 Å². The SMILES string of the molecule is CN1C(=O)CC(N(C)/N=C/c2ccc(N3CCOCC3)cc2)NC1=O. The van der Waals surface area contributed by atoms with Crippen molar-refractivity contribution in [3.63, 3.8) is 0 Å². The largest absolute Gasteiger partial charge is 0.378 e. The van der Waals surface area contributed by atoms with E-state index in [-0.39, 0.29) is 12.3 Å². The smallest absolute Gasteiger partial charge is 0.325 e. The highest BCUT2D eigenvalue weighted by Crippen LogP contribution is 2.16. The number of amides is 3. The second-order valence-corrected chi connectivity index (χ2v) is 6.13. The first kappa shape index (κ1) is 17.2. The number of rotatable bonds is 4. The van der Waals surface area contributed by atoms with E-state index in [0.29, 0.717) is 0 Å². The Balaban J connectivity index is 1.59. The predicted octanol–water partition coefficient (Wildman–Crippen LogP) is 0.687. The second-order valence-electron chi connectivity index (χ2n) is 6.13. The van der Waals surface area contributed by atoms with Crippen molar-refractivity contribution in [2.45, 2.75) is 12.6 Å². The fraction of sp³-hybridized carbons (Fsp3) is 0.471. The fourth-order valence-corrected chi connectivity index (χ4v) is 2.76. The lowest BCUT2D eigenvalue weighted by Gasteiger charge is -2.32. The molecule has 2 aliphatic heterocycles. The third-order valence-corrected chi connectivity index (χ3v) is 4.45. The molecule has 0 radical (unpaired) electrons. The number of carbonyl (C=O) groups is 2. The monoisotopic (exact) mass is 345 g/mol. The van der Waals surface area contributed by atoms with Crippen LogP contribution in [-0.2, 0) is 9.53 Å². The maximum atomic E-state index is 11.8. The number of benzene rings is 1. The number of nitrogens with one attached hydrogen (secondary N) is 1. The summed E-state index contributed by atoms with van der Waals surface area (Å²) in [6.07, 6.45) is 1.49. The van der Waals surface area contributed by atoms with Crippen LogP contribution < -0.4 is 10.2 Å². The van der Waals surface area contributed by atoms with Crippen LogP contribution in [0.3, 0.4) is 0 Å². The van der Waals surface area contributed by atoms with Gasteiger partial charge >= 0.3 is 6.03 Å². The predicted molar refractivity (Wildman–Crippen MR) is 94.5 cm³/mol. The molecule has 2 aliphatic rings. The van der Waals surface area contributed by atoms with Crippen LogP contribution >= 0.6 is 0 Å². The summed E-state index contributed by atoms with van der Waals surface area (Å²) >= 11 is 0. The second kappa shape index (κ2) is 7.52. The zero-order valence-electron chi connectivity index (χ0n) is 14.5. The Labute approximate surface area is 147 Å². The van der Waals surface area contributed by atoms with E-state index in [0.717, 1.165) is 36.8 Å². The molecule has 1 aromatic carbocycles. The normalized spacial score (nSPS) is 21.6. The Bertz CT molecular complexity index is 637. The number of hydrazone groups is 1. The first-order chi connectivity index (χ1) is 12.0. The molecule has 134 valence electrons. The van der Waals surface area contributed by atoms with Gasteiger partial charge in [0.1, 0.15) is 6.17 Å². The highest BCUT2D eigenvalue weighted by molar-refractivity contribution is 5.96. The molecule has 1 aromatic rings. The first-order valence-electron chi connectivity index (χ1n) is 8.31. The molecule has 0 aromatic heterocycles. The van der Waals surface area contributed by atoms with E-state index in [1.54, 1.807) is 18.3 Å². The van der Waals surface area contributed by atoms with Crippen LogP contribution in [0.4, 0.5) is 10.5 Å². The summed E-state index contributed by atoms with van der Waals surface area (Å²) in [5.41, 5.74) is 2.12. The Kier molecular flexibility index (Phi) is 5.18. The van der Waals surface area contributed by atoms with Crippen LogP contribution in [0.5, 0.6) is 0 Å². The molecule has 0 spiro atoms. The van der Waals surface area contributed by atoms with Crippen LogP contribution in [0, 0.1) is 0 Å². The lowest BCUT2D eigenvalue weighted by atomic mass is 10.2. The lowest BCUT2D eigenvalue weighted by molar-refractivity contribution is -0.130. The molecule has 2 saturated heterocycles. The van der Waals surface area contributed by atoms with E-state index in [1.165, 1.54) is 12.7 Å². The fourth-order valence-electron chi connectivity index (χ4n) is 2.76. The third-order valence-electron chi connectivity index (χ3n) is 4.45. The number of ether oxygens (including phenoxy) is 1. The van der Waals surface area contributed by atoms with Crippen molar-refractivity contribution in [2.24, 2.45) is 5.10 Å². The summed E-state index contributed by atoms with van der Waals surface area (Å²) in [6.45, 7) is 3.32. The van der Waals surface area contributed by atoms with E-state index in [9.17, 15) is 9.59 Å². The van der Waals surface area contributed by atoms with Crippen LogP contribution in [0.1, 0.15) is 12.0 Å². The average Bonchev–Trinajstić information content (AvgIpc) is 2.65. The van der Waals surface area contributed by atoms with Crippen molar-refractivity contribution < 1.29 is 14.3 Å². The minimum Gasteiger partial charge on any atom is -0.378 e. The Morgan fingerprint density at radius 2 is 1.92 bits per heavy atom. The van der Waals surface area contributed by atoms with Gasteiger partial charge in [-0.05, 0) is 17.7 Å². The van der Waals surface area contributed by atoms with Gasteiger partial charge in [-0.1, -0.05) is 12.1 Å². The maximum absolute atomic E-state index is 11.8. The number of imide groups is 1. The van der Waals surface area contributed by atoms with Gasteiger partial charge in [-0.15, -0.1) is 0 Å². The number of urea groups is 1. The van der Waals surface area contributed by atoms with Crippen molar-refractivity contribution in [2.75, 3.05) is 45.3 Å². The molecule has 0 bridgehead atoms. The molecule has 1 unspecified atom stereocenters. The van der Waals surface area contributed by atoms with Crippen LogP contribution in [0.15, 0.2) is 29.4 Å². The average molecular weight is 345 g/mol. The van der Waals surface area contributed by atoms with Gasteiger partial charge in [-0.25, -0.2) is 4.79 Å². The lowest BCUT2D eigenvalue weighted by Crippen LogP contribution is -2.57. The van der Waals surface area contributed by atoms with E-state index in [2.05, 4.69) is 27.5 Å². The molecule has 1 N–H and O–H groups in total. The molecular formula is C17H23N5O3. The summed E-state index contributed by atoms with van der Waals surface area (Å²) in [6, 6.07) is 7.72. The summed E-state index contributed by atoms with van der Waals surface area (Å²) in [5, 5.41) is 8.68. The minimum absolute atomic E-state index is 0.200. The van der Waals surface area contributed by atoms with E-state index in [1.807, 2.05) is 12.1 Å². The van der Waals surface area contributed by atoms with E-state index >= 15 is 0 Å². The molecule has 0 aliphatic carbocycles. The number of anilines is 1. The quantitative estimate of drug-likeness (QED) is 0.642. The molecule has 3 amide bonds. The van der Waals surface area contributed by atoms with Gasteiger partial charge in [0.25, 0.3) is 0 Å². The summed E-state index contributed by atoms with van der Waals surface area (Å²) in [7, 11) is 3.20. The van der Waals surface area contributed by atoms with Crippen LogP contribution in [0.2, 0.25) is 0 Å². The van der Waals surface area contributed by atoms with Crippen molar-refractivity contribution in [1.29, 1.82) is 0 Å². The van der Waals surface area contributed by atoms with Crippen molar-refractivity contribution in [1.82, 2.24) is 15.2 Å². The number of morpholine rings is 1. The third kappa shape index (κ3) is 4.08. The molecule has 25 heavy (non-hydrogen) atoms. The van der Waals surface area contributed by atoms with Gasteiger partial charge in [0.15, 0.2) is 0 Å². The molecule has 0 saturated carbocycles. The first-order valence-corrected chi connectivity index (χ1v) is 8.31. The molecule has 2 fully saturated rings. The van der Waals surface area contributed by atoms with Gasteiger partial charge in [-0.3, -0.25) is 14.7 Å². The van der Waals surface area contributed by atoms with Gasteiger partial charge in [0, 0.05) is 32.9 Å². The van der Waals surface area contributed by atoms with E-state index in [4.69, 9.17) is 4.74 Å². The van der Waals surface area contributed by atoms with Crippen molar-refractivity contribution >= 4 is 23.8 Å². The highest BCUT2D eigenvalue weighted by Gasteiger charge is 2.31. The molecular weight excluding hydrogens is 322 g/mol. The summed E-state index contributed by atoms with van der Waals surface area (Å²) in [5.74, 6) is -0.217. The number of hydrogen-bond donors (Lipinski definition) is 1. The molecule has 2 heterocycles. The molecule has 8 heteroatoms. The Morgan fingerprint density at radius 3 is 2.56 bits per heavy atom. The Hall–Kier alpha value is -2.61. The Morgan fingerprint density at radius 1 is 1.24 bits per heavy atom. The number of carbonyl (C=O) groups excluding carboxylic acids is 2. The van der Waals surface area contributed by atoms with Gasteiger partial charge in [0.2, 0.25) is 5.91 Å². The maximum Gasteiger partial charge on any atom is 0.325 e. The molecule has 8 nitrogen and oxygen atoms in total. The number of nitrogens with zero attached hydrogens (tertiary/aromatic N) is 4. The molecule has 1 atom stereocenters.